The van der Waals surface area contributed by atoms with E-state index in [9.17, 15) is 4.79 Å². The van der Waals surface area contributed by atoms with Crippen molar-refractivity contribution in [3.05, 3.63) is 47.7 Å². The van der Waals surface area contributed by atoms with Gasteiger partial charge in [0.2, 0.25) is 6.10 Å². The Kier molecular flexibility index (Phi) is 6.02. The summed E-state index contributed by atoms with van der Waals surface area (Å²) in [5.74, 6) is 0.112. The fourth-order valence-electron chi connectivity index (χ4n) is 3.08. The number of hydrogen-bond acceptors (Lipinski definition) is 5. The second-order valence-electron chi connectivity index (χ2n) is 7.65. The fourth-order valence-corrected chi connectivity index (χ4v) is 3.30. The largest absolute Gasteiger partial charge is 0.475 e. The predicted octanol–water partition coefficient (Wildman–Crippen LogP) is 4.24. The molecule has 0 aliphatic carbocycles. The summed E-state index contributed by atoms with van der Waals surface area (Å²) in [6, 6.07) is 11.5. The summed E-state index contributed by atoms with van der Waals surface area (Å²) in [5, 5.41) is 3.72. The maximum absolute atomic E-state index is 12.7. The van der Waals surface area contributed by atoms with E-state index in [1.807, 2.05) is 57.2 Å². The van der Waals surface area contributed by atoms with Crippen molar-refractivity contribution in [1.82, 2.24) is 10.3 Å². The summed E-state index contributed by atoms with van der Waals surface area (Å²) in [4.78, 5) is 17.0. The van der Waals surface area contributed by atoms with Crippen LogP contribution in [0.15, 0.2) is 42.6 Å². The maximum Gasteiger partial charge on any atom is 0.349 e. The Morgan fingerprint density at radius 2 is 2.04 bits per heavy atom. The predicted molar refractivity (Wildman–Crippen MR) is 106 cm³/mol. The van der Waals surface area contributed by atoms with Crippen molar-refractivity contribution in [2.45, 2.75) is 51.4 Å². The quantitative estimate of drug-likeness (QED) is 0.613. The number of carbonyl (C=O) groups excluding carboxylic acids is 1. The number of ether oxygens (including phenoxy) is 2. The number of hydrogen-bond donors (Lipinski definition) is 1. The molecule has 0 amide bonds. The molecule has 6 heteroatoms. The zero-order valence-corrected chi connectivity index (χ0v) is 16.6. The molecule has 1 fully saturated rings. The van der Waals surface area contributed by atoms with Crippen LogP contribution in [0.4, 0.5) is 0 Å². The van der Waals surface area contributed by atoms with Crippen LogP contribution < -0.4 is 10.1 Å². The first-order valence-corrected chi connectivity index (χ1v) is 9.55. The van der Waals surface area contributed by atoms with Crippen molar-refractivity contribution in [3.63, 3.8) is 0 Å². The average Bonchev–Trinajstić information content (AvgIpc) is 3.14. The standard InChI is InChI=1S/C21H25ClN2O3/c1-21(2,3)27-20(25)18(17-10-7-11-23-17)26-15-12-16(19(22)24-13-15)14-8-5-4-6-9-14/h4-6,8-9,12-13,17-18,23H,7,10-11H2,1-3H3/t17-,18?/m1/s1. The van der Waals surface area contributed by atoms with Gasteiger partial charge in [-0.25, -0.2) is 9.78 Å². The van der Waals surface area contributed by atoms with Crippen LogP contribution in [0, 0.1) is 0 Å². The minimum absolute atomic E-state index is 0.0873. The molecule has 0 saturated carbocycles. The van der Waals surface area contributed by atoms with Gasteiger partial charge in [-0.05, 0) is 51.8 Å². The van der Waals surface area contributed by atoms with Gasteiger partial charge in [-0.15, -0.1) is 0 Å². The summed E-state index contributed by atoms with van der Waals surface area (Å²) in [5.41, 5.74) is 1.12. The van der Waals surface area contributed by atoms with Crippen LogP contribution in [0.25, 0.3) is 11.1 Å². The van der Waals surface area contributed by atoms with Gasteiger partial charge in [0.05, 0.1) is 12.2 Å². The molecule has 1 aliphatic heterocycles. The van der Waals surface area contributed by atoms with Crippen LogP contribution in [0.2, 0.25) is 5.15 Å². The minimum atomic E-state index is -0.738. The number of nitrogens with one attached hydrogen (secondary N) is 1. The third-order valence-electron chi connectivity index (χ3n) is 4.26. The Bertz CT molecular complexity index is 784. The van der Waals surface area contributed by atoms with Crippen LogP contribution in [-0.2, 0) is 9.53 Å². The van der Waals surface area contributed by atoms with Crippen LogP contribution >= 0.6 is 11.6 Å². The minimum Gasteiger partial charge on any atom is -0.475 e. The third-order valence-corrected chi connectivity index (χ3v) is 4.57. The van der Waals surface area contributed by atoms with E-state index in [0.717, 1.165) is 30.5 Å². The lowest BCUT2D eigenvalue weighted by Crippen LogP contribution is -2.47. The molecule has 2 atom stereocenters. The first kappa shape index (κ1) is 19.6. The van der Waals surface area contributed by atoms with E-state index in [4.69, 9.17) is 21.1 Å². The average molecular weight is 389 g/mol. The second kappa shape index (κ2) is 8.28. The second-order valence-corrected chi connectivity index (χ2v) is 8.01. The highest BCUT2D eigenvalue weighted by atomic mass is 35.5. The van der Waals surface area contributed by atoms with E-state index in [1.165, 1.54) is 0 Å². The van der Waals surface area contributed by atoms with E-state index in [2.05, 4.69) is 10.3 Å². The molecule has 1 unspecified atom stereocenters. The first-order chi connectivity index (χ1) is 12.8. The summed E-state index contributed by atoms with van der Waals surface area (Å²) in [6.45, 7) is 6.41. The van der Waals surface area contributed by atoms with Gasteiger partial charge < -0.3 is 14.8 Å². The highest BCUT2D eigenvalue weighted by Crippen LogP contribution is 2.30. The molecule has 0 spiro atoms. The van der Waals surface area contributed by atoms with Crippen molar-refractivity contribution in [2.75, 3.05) is 6.54 Å². The molecule has 3 rings (SSSR count). The lowest BCUT2D eigenvalue weighted by Gasteiger charge is -2.27. The van der Waals surface area contributed by atoms with E-state index < -0.39 is 11.7 Å². The third kappa shape index (κ3) is 5.21. The van der Waals surface area contributed by atoms with Crippen LogP contribution in [0.3, 0.4) is 0 Å². The van der Waals surface area contributed by atoms with Crippen LogP contribution in [0.1, 0.15) is 33.6 Å². The fraction of sp³-hybridized carbons (Fsp3) is 0.429. The SMILES string of the molecule is CC(C)(C)OC(=O)C(Oc1cnc(Cl)c(-c2ccccc2)c1)[C@H]1CCCN1. The molecule has 1 saturated heterocycles. The van der Waals surface area contributed by atoms with E-state index in [0.29, 0.717) is 10.9 Å². The Morgan fingerprint density at radius 3 is 2.67 bits per heavy atom. The molecule has 2 aromatic rings. The van der Waals surface area contributed by atoms with Crippen LogP contribution in [-0.4, -0.2) is 35.2 Å². The number of nitrogens with zero attached hydrogens (tertiary/aromatic N) is 1. The molecular formula is C21H25ClN2O3. The Hall–Kier alpha value is -2.11. The van der Waals surface area contributed by atoms with Gasteiger partial charge in [0.25, 0.3) is 0 Å². The number of carbonyl (C=O) groups is 1. The Balaban J connectivity index is 1.86. The molecule has 0 radical (unpaired) electrons. The normalized spacial score (nSPS) is 18.1. The topological polar surface area (TPSA) is 60.5 Å². The number of benzene rings is 1. The molecule has 27 heavy (non-hydrogen) atoms. The zero-order chi connectivity index (χ0) is 19.4. The Labute approximate surface area is 165 Å². The van der Waals surface area contributed by atoms with Gasteiger partial charge in [0.1, 0.15) is 16.5 Å². The zero-order valence-electron chi connectivity index (χ0n) is 15.9. The first-order valence-electron chi connectivity index (χ1n) is 9.17. The molecule has 1 aliphatic rings. The molecular weight excluding hydrogens is 364 g/mol. The highest BCUT2D eigenvalue weighted by Gasteiger charge is 2.36. The van der Waals surface area contributed by atoms with Crippen molar-refractivity contribution >= 4 is 17.6 Å². The van der Waals surface area contributed by atoms with Crippen molar-refractivity contribution in [3.8, 4) is 16.9 Å². The summed E-state index contributed by atoms with van der Waals surface area (Å²) in [7, 11) is 0. The molecule has 0 bridgehead atoms. The lowest BCUT2D eigenvalue weighted by molar-refractivity contribution is -0.164. The number of halogens is 1. The summed E-state index contributed by atoms with van der Waals surface area (Å²) < 4.78 is 11.6. The van der Waals surface area contributed by atoms with Crippen molar-refractivity contribution < 1.29 is 14.3 Å². The monoisotopic (exact) mass is 388 g/mol. The van der Waals surface area contributed by atoms with Crippen molar-refractivity contribution in [1.29, 1.82) is 0 Å². The Morgan fingerprint density at radius 1 is 1.30 bits per heavy atom. The molecule has 5 nitrogen and oxygen atoms in total. The van der Waals surface area contributed by atoms with Gasteiger partial charge in [-0.3, -0.25) is 0 Å². The number of aromatic nitrogens is 1. The summed E-state index contributed by atoms with van der Waals surface area (Å²) >= 11 is 6.27. The van der Waals surface area contributed by atoms with Gasteiger partial charge in [0.15, 0.2) is 0 Å². The molecule has 1 aromatic carbocycles. The van der Waals surface area contributed by atoms with Gasteiger partial charge in [-0.1, -0.05) is 41.9 Å². The highest BCUT2D eigenvalue weighted by molar-refractivity contribution is 6.32. The lowest BCUT2D eigenvalue weighted by atomic mass is 10.1. The molecule has 1 N–H and O–H groups in total. The van der Waals surface area contributed by atoms with Gasteiger partial charge >= 0.3 is 5.97 Å². The molecule has 1 aromatic heterocycles. The van der Waals surface area contributed by atoms with Crippen molar-refractivity contribution in [2.24, 2.45) is 0 Å². The number of pyridine rings is 1. The molecule has 144 valence electrons. The smallest absolute Gasteiger partial charge is 0.349 e. The number of rotatable bonds is 5. The molecule has 2 heterocycles. The van der Waals surface area contributed by atoms with E-state index in [1.54, 1.807) is 6.20 Å². The van der Waals surface area contributed by atoms with E-state index >= 15 is 0 Å². The van der Waals surface area contributed by atoms with Gasteiger partial charge in [-0.2, -0.15) is 0 Å². The summed E-state index contributed by atoms with van der Waals surface area (Å²) in [6.07, 6.45) is 2.66. The number of esters is 1. The van der Waals surface area contributed by atoms with Gasteiger partial charge in [0, 0.05) is 5.56 Å². The van der Waals surface area contributed by atoms with E-state index in [-0.39, 0.29) is 12.0 Å². The maximum atomic E-state index is 12.7. The van der Waals surface area contributed by atoms with Crippen LogP contribution in [0.5, 0.6) is 5.75 Å².